The zero-order valence-corrected chi connectivity index (χ0v) is 28.5. The molecule has 10 aromatic carbocycles. The molecule has 0 radical (unpaired) electrons. The van der Waals surface area contributed by atoms with E-state index in [9.17, 15) is 0 Å². The van der Waals surface area contributed by atoms with Gasteiger partial charge in [0.2, 0.25) is 0 Å². The van der Waals surface area contributed by atoms with E-state index < -0.39 is 0 Å². The Kier molecular flexibility index (Phi) is 6.35. The molecular weight excluding hydrogens is 625 g/mol. The van der Waals surface area contributed by atoms with Crippen LogP contribution in [0.4, 0.5) is 0 Å². The molecule has 240 valence electrons. The van der Waals surface area contributed by atoms with E-state index in [0.29, 0.717) is 0 Å². The van der Waals surface area contributed by atoms with E-state index >= 15 is 0 Å². The fourth-order valence-corrected chi connectivity index (χ4v) is 9.07. The van der Waals surface area contributed by atoms with E-state index in [0.717, 1.165) is 0 Å². The first-order chi connectivity index (χ1) is 25.8. The number of hydrogen-bond acceptors (Lipinski definition) is 0. The Bertz CT molecular complexity index is 2940. The maximum Gasteiger partial charge on any atom is -0.000741 e. The van der Waals surface area contributed by atoms with Gasteiger partial charge in [-0.3, -0.25) is 0 Å². The molecule has 1 aliphatic carbocycles. The smallest absolute Gasteiger partial charge is 0.000741 e. The Balaban J connectivity index is 1.22. The molecule has 0 saturated heterocycles. The van der Waals surface area contributed by atoms with Crippen LogP contribution in [0, 0.1) is 0 Å². The summed E-state index contributed by atoms with van der Waals surface area (Å²) in [5.41, 5.74) is 15.4. The highest BCUT2D eigenvalue weighted by molar-refractivity contribution is 6.29. The summed E-state index contributed by atoms with van der Waals surface area (Å²) in [7, 11) is 0. The third-order valence-electron chi connectivity index (χ3n) is 11.2. The van der Waals surface area contributed by atoms with Gasteiger partial charge in [-0.1, -0.05) is 194 Å². The van der Waals surface area contributed by atoms with Crippen molar-refractivity contribution in [3.05, 3.63) is 194 Å². The summed E-state index contributed by atoms with van der Waals surface area (Å²) < 4.78 is 0. The van der Waals surface area contributed by atoms with E-state index in [-0.39, 0.29) is 0 Å². The fourth-order valence-electron chi connectivity index (χ4n) is 9.07. The monoisotopic (exact) mass is 656 g/mol. The Morgan fingerprint density at radius 2 is 0.558 bits per heavy atom. The third kappa shape index (κ3) is 4.16. The Morgan fingerprint density at radius 3 is 1.15 bits per heavy atom. The molecule has 0 aliphatic heterocycles. The van der Waals surface area contributed by atoms with Crippen molar-refractivity contribution in [3.8, 4) is 66.8 Å². The van der Waals surface area contributed by atoms with Crippen LogP contribution in [0.25, 0.3) is 110 Å². The molecule has 11 rings (SSSR count). The molecule has 0 heteroatoms. The van der Waals surface area contributed by atoms with E-state index in [2.05, 4.69) is 194 Å². The lowest BCUT2D eigenvalue weighted by Gasteiger charge is -2.20. The lowest BCUT2D eigenvalue weighted by atomic mass is 9.82. The van der Waals surface area contributed by atoms with E-state index in [4.69, 9.17) is 0 Å². The molecular formula is C52H32. The molecule has 10 aromatic rings. The van der Waals surface area contributed by atoms with Gasteiger partial charge in [-0.2, -0.15) is 0 Å². The normalized spacial score (nSPS) is 11.8. The van der Waals surface area contributed by atoms with Gasteiger partial charge in [0, 0.05) is 0 Å². The number of hydrogen-bond donors (Lipinski definition) is 0. The van der Waals surface area contributed by atoms with Crippen LogP contribution >= 0.6 is 0 Å². The first-order valence-electron chi connectivity index (χ1n) is 18.1. The van der Waals surface area contributed by atoms with Crippen molar-refractivity contribution < 1.29 is 0 Å². The van der Waals surface area contributed by atoms with Crippen molar-refractivity contribution in [2.75, 3.05) is 0 Å². The summed E-state index contributed by atoms with van der Waals surface area (Å²) >= 11 is 0. The molecule has 0 amide bonds. The van der Waals surface area contributed by atoms with Crippen molar-refractivity contribution in [1.82, 2.24) is 0 Å². The van der Waals surface area contributed by atoms with Crippen LogP contribution in [-0.2, 0) is 0 Å². The molecule has 0 nitrogen and oxygen atoms in total. The van der Waals surface area contributed by atoms with Crippen LogP contribution in [0.5, 0.6) is 0 Å². The van der Waals surface area contributed by atoms with Crippen LogP contribution in [0.15, 0.2) is 194 Å². The van der Waals surface area contributed by atoms with E-state index in [1.807, 2.05) is 0 Å². The number of benzene rings is 10. The first kappa shape index (κ1) is 29.0. The van der Waals surface area contributed by atoms with Gasteiger partial charge in [0.25, 0.3) is 0 Å². The fraction of sp³-hybridized carbons (Fsp3) is 0. The lowest BCUT2D eigenvalue weighted by Crippen LogP contribution is -1.93. The highest BCUT2D eigenvalue weighted by Gasteiger charge is 2.31. The van der Waals surface area contributed by atoms with E-state index in [1.54, 1.807) is 0 Å². The second-order valence-corrected chi connectivity index (χ2v) is 13.9. The molecule has 0 spiro atoms. The van der Waals surface area contributed by atoms with Gasteiger partial charge in [-0.25, -0.2) is 0 Å². The molecule has 0 fully saturated rings. The highest BCUT2D eigenvalue weighted by atomic mass is 14.3. The summed E-state index contributed by atoms with van der Waals surface area (Å²) in [5.74, 6) is 0. The minimum Gasteiger partial charge on any atom is -0.0622 e. The molecule has 0 N–H and O–H groups in total. The van der Waals surface area contributed by atoms with Gasteiger partial charge in [0.15, 0.2) is 0 Å². The molecule has 0 aromatic heterocycles. The van der Waals surface area contributed by atoms with Crippen molar-refractivity contribution in [2.45, 2.75) is 0 Å². The molecule has 0 unspecified atom stereocenters. The largest absolute Gasteiger partial charge is 0.0622 e. The summed E-state index contributed by atoms with van der Waals surface area (Å²) in [6.45, 7) is 0. The maximum atomic E-state index is 2.40. The standard InChI is InChI=1S/C52H32/c1-3-16-34(17-4-1)48-44-24-11-12-25-45(44)49(35-18-5-2-6-19-35)52-47-32-31-42(43-27-14-28-46(50(43)47)51(48)52)41-30-29-40(38-22-9-10-23-39(38)41)37-26-13-20-33-15-7-8-21-36(33)37/h1-32H. The van der Waals surface area contributed by atoms with Gasteiger partial charge in [-0.05, 0) is 110 Å². The predicted octanol–water partition coefficient (Wildman–Crippen LogP) is 14.6. The minimum atomic E-state index is 1.25. The minimum absolute atomic E-state index is 1.25. The number of fused-ring (bicyclic) bond motifs is 6. The SMILES string of the molecule is c1ccc(-c2c3c(c(-c4ccccc4)c4ccccc24)-c2ccc(-c4ccc(-c5cccc6ccccc56)c5ccccc45)c4cccc-3c24)cc1. The molecule has 1 aliphatic rings. The summed E-state index contributed by atoms with van der Waals surface area (Å²) in [6, 6.07) is 71.6. The topological polar surface area (TPSA) is 0 Å². The Morgan fingerprint density at radius 1 is 0.192 bits per heavy atom. The van der Waals surface area contributed by atoms with Gasteiger partial charge in [-0.15, -0.1) is 0 Å². The molecule has 0 saturated carbocycles. The number of rotatable bonds is 4. The van der Waals surface area contributed by atoms with Crippen molar-refractivity contribution in [1.29, 1.82) is 0 Å². The van der Waals surface area contributed by atoms with Crippen LogP contribution in [0.3, 0.4) is 0 Å². The van der Waals surface area contributed by atoms with Crippen LogP contribution < -0.4 is 0 Å². The van der Waals surface area contributed by atoms with Crippen molar-refractivity contribution >= 4 is 43.1 Å². The van der Waals surface area contributed by atoms with Crippen LogP contribution in [-0.4, -0.2) is 0 Å². The molecule has 52 heavy (non-hydrogen) atoms. The highest BCUT2D eigenvalue weighted by Crippen LogP contribution is 2.58. The van der Waals surface area contributed by atoms with Crippen molar-refractivity contribution in [2.24, 2.45) is 0 Å². The second kappa shape index (κ2) is 11.4. The van der Waals surface area contributed by atoms with Crippen LogP contribution in [0.1, 0.15) is 0 Å². The lowest BCUT2D eigenvalue weighted by molar-refractivity contribution is 1.62. The molecule has 0 atom stereocenters. The average molecular weight is 657 g/mol. The zero-order chi connectivity index (χ0) is 34.2. The summed E-state index contributed by atoms with van der Waals surface area (Å²) in [4.78, 5) is 0. The van der Waals surface area contributed by atoms with Gasteiger partial charge in [0.1, 0.15) is 0 Å². The van der Waals surface area contributed by atoms with Gasteiger partial charge in [0.05, 0.1) is 0 Å². The second-order valence-electron chi connectivity index (χ2n) is 13.9. The van der Waals surface area contributed by atoms with Gasteiger partial charge < -0.3 is 0 Å². The summed E-state index contributed by atoms with van der Waals surface area (Å²) in [5, 5.41) is 10.3. The van der Waals surface area contributed by atoms with Crippen molar-refractivity contribution in [3.63, 3.8) is 0 Å². The molecule has 0 bridgehead atoms. The van der Waals surface area contributed by atoms with E-state index in [1.165, 1.54) is 110 Å². The predicted molar refractivity (Wildman–Crippen MR) is 223 cm³/mol. The quantitative estimate of drug-likeness (QED) is 0.177. The first-order valence-corrected chi connectivity index (χ1v) is 18.1. The summed E-state index contributed by atoms with van der Waals surface area (Å²) in [6.07, 6.45) is 0. The maximum absolute atomic E-state index is 2.40. The average Bonchev–Trinajstić information content (AvgIpc) is 3.55. The zero-order valence-electron chi connectivity index (χ0n) is 28.5. The Hall–Kier alpha value is -6.76. The Labute approximate surface area is 302 Å². The third-order valence-corrected chi connectivity index (χ3v) is 11.2. The van der Waals surface area contributed by atoms with Gasteiger partial charge >= 0.3 is 0 Å². The molecule has 0 heterocycles. The van der Waals surface area contributed by atoms with Crippen LogP contribution in [0.2, 0.25) is 0 Å².